The summed E-state index contributed by atoms with van der Waals surface area (Å²) in [4.78, 5) is 5.06. The molecule has 27 heavy (non-hydrogen) atoms. The van der Waals surface area contributed by atoms with Crippen LogP contribution in [-0.4, -0.2) is 38.4 Å². The van der Waals surface area contributed by atoms with Crippen LogP contribution in [0.1, 0.15) is 39.5 Å². The Bertz CT molecular complexity index is 929. The number of hydrogen-bond acceptors (Lipinski definition) is 5. The number of thioether (sulfide) groups is 1. The maximum Gasteiger partial charge on any atom is 0.145 e. The second kappa shape index (κ2) is 7.80. The summed E-state index contributed by atoms with van der Waals surface area (Å²) in [6, 6.07) is 12.0. The van der Waals surface area contributed by atoms with E-state index in [4.69, 9.17) is 0 Å². The van der Waals surface area contributed by atoms with E-state index in [-0.39, 0.29) is 5.75 Å². The van der Waals surface area contributed by atoms with Gasteiger partial charge in [0.05, 0.1) is 0 Å². The van der Waals surface area contributed by atoms with Gasteiger partial charge >= 0.3 is 0 Å². The smallest absolute Gasteiger partial charge is 0.145 e. The minimum absolute atomic E-state index is 0.214. The predicted octanol–water partition coefficient (Wildman–Crippen LogP) is 5.01. The molecule has 1 fully saturated rings. The minimum Gasteiger partial charge on any atom is -0.506 e. The SMILES string of the molecule is CCC(CC)Sc1ccc2nn(-c3ccc(N4CCCC4)cc3O)nc2c1. The number of phenolic OH excluding ortho intramolecular Hbond substituents is 1. The molecule has 0 spiro atoms. The quantitative estimate of drug-likeness (QED) is 0.608. The van der Waals surface area contributed by atoms with Crippen LogP contribution in [0.15, 0.2) is 41.3 Å². The maximum absolute atomic E-state index is 10.5. The molecule has 0 atom stereocenters. The summed E-state index contributed by atoms with van der Waals surface area (Å²) < 4.78 is 0. The Labute approximate surface area is 164 Å². The van der Waals surface area contributed by atoms with Crippen molar-refractivity contribution in [3.8, 4) is 11.4 Å². The molecular formula is C21H26N4OS. The molecule has 4 rings (SSSR count). The van der Waals surface area contributed by atoms with Crippen molar-refractivity contribution >= 4 is 28.5 Å². The van der Waals surface area contributed by atoms with E-state index in [0.29, 0.717) is 10.9 Å². The number of hydrogen-bond donors (Lipinski definition) is 1. The zero-order valence-corrected chi connectivity index (χ0v) is 16.7. The molecule has 0 saturated carbocycles. The van der Waals surface area contributed by atoms with Gasteiger partial charge in [-0.15, -0.1) is 26.8 Å². The molecule has 0 amide bonds. The zero-order chi connectivity index (χ0) is 18.8. The van der Waals surface area contributed by atoms with Gasteiger partial charge in [-0.3, -0.25) is 0 Å². The Morgan fingerprint density at radius 2 is 1.74 bits per heavy atom. The number of anilines is 1. The number of aromatic hydroxyl groups is 1. The lowest BCUT2D eigenvalue weighted by molar-refractivity contribution is 0.468. The van der Waals surface area contributed by atoms with Crippen LogP contribution >= 0.6 is 11.8 Å². The second-order valence-electron chi connectivity index (χ2n) is 7.06. The fourth-order valence-electron chi connectivity index (χ4n) is 3.58. The van der Waals surface area contributed by atoms with E-state index < -0.39 is 0 Å². The van der Waals surface area contributed by atoms with Gasteiger partial charge < -0.3 is 10.0 Å². The van der Waals surface area contributed by atoms with Gasteiger partial charge in [0.1, 0.15) is 22.5 Å². The molecule has 1 N–H and O–H groups in total. The number of nitrogens with zero attached hydrogens (tertiary/aromatic N) is 4. The van der Waals surface area contributed by atoms with Crippen molar-refractivity contribution in [1.82, 2.24) is 15.0 Å². The average Bonchev–Trinajstić information content (AvgIpc) is 3.35. The number of rotatable bonds is 6. The van der Waals surface area contributed by atoms with Gasteiger partial charge in [0, 0.05) is 35.0 Å². The summed E-state index contributed by atoms with van der Waals surface area (Å²) >= 11 is 1.90. The molecule has 0 bridgehead atoms. The first-order valence-electron chi connectivity index (χ1n) is 9.80. The normalized spacial score (nSPS) is 14.6. The average molecular weight is 383 g/mol. The van der Waals surface area contributed by atoms with Crippen LogP contribution in [0.2, 0.25) is 0 Å². The van der Waals surface area contributed by atoms with Crippen molar-refractivity contribution in [3.63, 3.8) is 0 Å². The molecule has 0 radical (unpaired) electrons. The monoisotopic (exact) mass is 382 g/mol. The van der Waals surface area contributed by atoms with Crippen molar-refractivity contribution in [1.29, 1.82) is 0 Å². The lowest BCUT2D eigenvalue weighted by Gasteiger charge is -2.18. The third kappa shape index (κ3) is 3.76. The Hall–Kier alpha value is -2.21. The van der Waals surface area contributed by atoms with Crippen molar-refractivity contribution in [2.45, 2.75) is 49.7 Å². The summed E-state index contributed by atoms with van der Waals surface area (Å²) in [6.07, 6.45) is 4.74. The van der Waals surface area contributed by atoms with E-state index in [1.807, 2.05) is 36.0 Å². The summed E-state index contributed by atoms with van der Waals surface area (Å²) in [5, 5.41) is 20.3. The summed E-state index contributed by atoms with van der Waals surface area (Å²) in [5.74, 6) is 0.214. The molecule has 5 nitrogen and oxygen atoms in total. The van der Waals surface area contributed by atoms with Gasteiger partial charge in [-0.2, -0.15) is 0 Å². The van der Waals surface area contributed by atoms with Gasteiger partial charge in [-0.1, -0.05) is 13.8 Å². The van der Waals surface area contributed by atoms with Crippen LogP contribution in [0.3, 0.4) is 0 Å². The molecule has 6 heteroatoms. The highest BCUT2D eigenvalue weighted by molar-refractivity contribution is 8.00. The van der Waals surface area contributed by atoms with Crippen LogP contribution < -0.4 is 4.90 Å². The third-order valence-corrected chi connectivity index (χ3v) is 6.74. The van der Waals surface area contributed by atoms with E-state index in [2.05, 4.69) is 41.1 Å². The van der Waals surface area contributed by atoms with Crippen LogP contribution in [0.25, 0.3) is 16.7 Å². The summed E-state index contributed by atoms with van der Waals surface area (Å²) in [6.45, 7) is 6.56. The van der Waals surface area contributed by atoms with E-state index >= 15 is 0 Å². The number of aromatic nitrogens is 3. The first-order valence-corrected chi connectivity index (χ1v) is 10.7. The molecule has 142 valence electrons. The lowest BCUT2D eigenvalue weighted by atomic mass is 10.2. The standard InChI is InChI=1S/C21H26N4OS/c1-3-16(4-2)27-17-8-9-18-19(14-17)23-25(22-18)20-10-7-15(13-21(20)26)24-11-5-6-12-24/h7-10,13-14,16,26H,3-6,11-12H2,1-2H3. The molecule has 3 aromatic rings. The highest BCUT2D eigenvalue weighted by Crippen LogP contribution is 2.31. The van der Waals surface area contributed by atoms with E-state index in [0.717, 1.165) is 42.7 Å². The molecule has 1 aromatic heterocycles. The Morgan fingerprint density at radius 3 is 2.44 bits per heavy atom. The first kappa shape index (κ1) is 18.2. The number of phenols is 1. The van der Waals surface area contributed by atoms with Crippen LogP contribution in [0.5, 0.6) is 5.75 Å². The van der Waals surface area contributed by atoms with Crippen molar-refractivity contribution < 1.29 is 5.11 Å². The molecule has 0 unspecified atom stereocenters. The lowest BCUT2D eigenvalue weighted by Crippen LogP contribution is -2.17. The van der Waals surface area contributed by atoms with Crippen molar-refractivity contribution in [2.24, 2.45) is 0 Å². The van der Waals surface area contributed by atoms with Crippen LogP contribution in [0.4, 0.5) is 5.69 Å². The largest absolute Gasteiger partial charge is 0.506 e. The van der Waals surface area contributed by atoms with Gasteiger partial charge in [-0.25, -0.2) is 0 Å². The molecular weight excluding hydrogens is 356 g/mol. The predicted molar refractivity (Wildman–Crippen MR) is 112 cm³/mol. The summed E-state index contributed by atoms with van der Waals surface area (Å²) in [5.41, 5.74) is 3.37. The summed E-state index contributed by atoms with van der Waals surface area (Å²) in [7, 11) is 0. The Balaban J connectivity index is 1.61. The molecule has 1 aliphatic heterocycles. The highest BCUT2D eigenvalue weighted by Gasteiger charge is 2.16. The highest BCUT2D eigenvalue weighted by atomic mass is 32.2. The molecule has 0 aliphatic carbocycles. The zero-order valence-electron chi connectivity index (χ0n) is 15.9. The minimum atomic E-state index is 0.214. The van der Waals surface area contributed by atoms with Gasteiger partial charge in [0.15, 0.2) is 0 Å². The molecule has 2 heterocycles. The van der Waals surface area contributed by atoms with Crippen molar-refractivity contribution in [2.75, 3.05) is 18.0 Å². The van der Waals surface area contributed by atoms with Gasteiger partial charge in [0.2, 0.25) is 0 Å². The molecule has 1 aliphatic rings. The maximum atomic E-state index is 10.5. The number of benzene rings is 2. The fourth-order valence-corrected chi connectivity index (χ4v) is 4.62. The Kier molecular flexibility index (Phi) is 5.25. The topological polar surface area (TPSA) is 54.2 Å². The van der Waals surface area contributed by atoms with E-state index in [1.165, 1.54) is 17.7 Å². The van der Waals surface area contributed by atoms with E-state index in [1.54, 1.807) is 4.80 Å². The van der Waals surface area contributed by atoms with Crippen LogP contribution in [0, 0.1) is 0 Å². The van der Waals surface area contributed by atoms with Crippen molar-refractivity contribution in [3.05, 3.63) is 36.4 Å². The number of fused-ring (bicyclic) bond motifs is 1. The van der Waals surface area contributed by atoms with E-state index in [9.17, 15) is 5.11 Å². The first-order chi connectivity index (χ1) is 13.2. The van der Waals surface area contributed by atoms with Crippen LogP contribution in [-0.2, 0) is 0 Å². The fraction of sp³-hybridized carbons (Fsp3) is 0.429. The molecule has 1 saturated heterocycles. The van der Waals surface area contributed by atoms with Gasteiger partial charge in [0.25, 0.3) is 0 Å². The third-order valence-electron chi connectivity index (χ3n) is 5.21. The molecule has 2 aromatic carbocycles. The Morgan fingerprint density at radius 1 is 1.00 bits per heavy atom. The van der Waals surface area contributed by atoms with Gasteiger partial charge in [-0.05, 0) is 56.0 Å². The second-order valence-corrected chi connectivity index (χ2v) is 8.44.